The molecular weight excluding hydrogens is 516 g/mol. The van der Waals surface area contributed by atoms with Gasteiger partial charge in [-0.05, 0) is 81.8 Å². The van der Waals surface area contributed by atoms with Gasteiger partial charge in [0.15, 0.2) is 0 Å². The first-order valence-corrected chi connectivity index (χ1v) is 14.1. The number of nitrogens with zero attached hydrogens (tertiary/aromatic N) is 1. The van der Waals surface area contributed by atoms with Crippen LogP contribution in [-0.2, 0) is 29.1 Å². The lowest BCUT2D eigenvalue weighted by Gasteiger charge is -2.26. The third kappa shape index (κ3) is 9.62. The molecule has 0 fully saturated rings. The maximum Gasteiger partial charge on any atom is 0.407 e. The van der Waals surface area contributed by atoms with Crippen molar-refractivity contribution in [2.24, 2.45) is 5.41 Å². The number of carbonyl (C=O) groups excluding carboxylic acids is 2. The number of aryl methyl sites for hydroxylation is 2. The van der Waals surface area contributed by atoms with Gasteiger partial charge < -0.3 is 19.5 Å². The van der Waals surface area contributed by atoms with Crippen molar-refractivity contribution in [3.63, 3.8) is 0 Å². The quantitative estimate of drug-likeness (QED) is 0.212. The van der Waals surface area contributed by atoms with E-state index in [0.717, 1.165) is 45.6 Å². The van der Waals surface area contributed by atoms with Crippen LogP contribution < -0.4 is 14.8 Å². The van der Waals surface area contributed by atoms with E-state index in [1.807, 2.05) is 27.7 Å². The van der Waals surface area contributed by atoms with E-state index in [1.165, 1.54) is 0 Å². The summed E-state index contributed by atoms with van der Waals surface area (Å²) in [6.45, 7) is 18.4. The van der Waals surface area contributed by atoms with Crippen LogP contribution in [0, 0.1) is 19.3 Å². The lowest BCUT2D eigenvalue weighted by molar-refractivity contribution is -0.134. The molecule has 41 heavy (non-hydrogen) atoms. The number of ether oxygens (including phenoxy) is 3. The predicted molar refractivity (Wildman–Crippen MR) is 162 cm³/mol. The van der Waals surface area contributed by atoms with E-state index >= 15 is 0 Å². The number of esters is 1. The zero-order chi connectivity index (χ0) is 30.4. The maximum atomic E-state index is 12.7. The van der Waals surface area contributed by atoms with Gasteiger partial charge in [0.1, 0.15) is 23.7 Å². The molecule has 7 nitrogen and oxygen atoms in total. The first-order chi connectivity index (χ1) is 19.1. The topological polar surface area (TPSA) is 86.8 Å². The van der Waals surface area contributed by atoms with Gasteiger partial charge in [0.05, 0.1) is 0 Å². The number of amides is 1. The van der Waals surface area contributed by atoms with Crippen molar-refractivity contribution in [1.29, 1.82) is 0 Å². The highest BCUT2D eigenvalue weighted by Crippen LogP contribution is 2.35. The van der Waals surface area contributed by atoms with Crippen LogP contribution in [0.4, 0.5) is 4.79 Å². The molecule has 7 heteroatoms. The minimum Gasteiger partial charge on any atom is -0.489 e. The molecule has 0 aliphatic rings. The van der Waals surface area contributed by atoms with Crippen LogP contribution in [0.1, 0.15) is 83.0 Å². The molecule has 1 amide bonds. The Morgan fingerprint density at radius 2 is 1.46 bits per heavy atom. The highest BCUT2D eigenvalue weighted by molar-refractivity contribution is 5.75. The van der Waals surface area contributed by atoms with Crippen LogP contribution >= 0.6 is 0 Å². The third-order valence-corrected chi connectivity index (χ3v) is 6.26. The van der Waals surface area contributed by atoms with Gasteiger partial charge >= 0.3 is 12.1 Å². The van der Waals surface area contributed by atoms with E-state index in [2.05, 4.69) is 57.3 Å². The Morgan fingerprint density at radius 1 is 0.854 bits per heavy atom. The van der Waals surface area contributed by atoms with Crippen LogP contribution in [0.15, 0.2) is 48.5 Å². The number of hydrogen-bond donors (Lipinski definition) is 1. The summed E-state index contributed by atoms with van der Waals surface area (Å²) in [6, 6.07) is 15.4. The zero-order valence-corrected chi connectivity index (χ0v) is 25.9. The molecule has 2 aromatic carbocycles. The molecule has 0 aliphatic heterocycles. The lowest BCUT2D eigenvalue weighted by Crippen LogP contribution is -2.33. The lowest BCUT2D eigenvalue weighted by atomic mass is 9.85. The molecule has 0 aliphatic carbocycles. The molecule has 1 N–H and O–H groups in total. The largest absolute Gasteiger partial charge is 0.489 e. The van der Waals surface area contributed by atoms with Crippen LogP contribution in [0.5, 0.6) is 11.5 Å². The fraction of sp³-hybridized carbons (Fsp3) is 0.441. The average molecular weight is 561 g/mol. The monoisotopic (exact) mass is 560 g/mol. The summed E-state index contributed by atoms with van der Waals surface area (Å²) in [5, 5.41) is 2.97. The zero-order valence-electron chi connectivity index (χ0n) is 25.9. The van der Waals surface area contributed by atoms with Crippen molar-refractivity contribution < 1.29 is 23.8 Å². The Kier molecular flexibility index (Phi) is 10.2. The van der Waals surface area contributed by atoms with Crippen LogP contribution in [-0.4, -0.2) is 22.6 Å². The Hall–Kier alpha value is -3.87. The number of pyridine rings is 1. The van der Waals surface area contributed by atoms with Crippen molar-refractivity contribution in [2.45, 2.75) is 93.9 Å². The van der Waals surface area contributed by atoms with E-state index in [4.69, 9.17) is 19.2 Å². The van der Waals surface area contributed by atoms with Crippen LogP contribution in [0.25, 0.3) is 11.1 Å². The predicted octanol–water partition coefficient (Wildman–Crippen LogP) is 7.87. The number of hydrogen-bond acceptors (Lipinski definition) is 6. The summed E-state index contributed by atoms with van der Waals surface area (Å²) >= 11 is 0. The Morgan fingerprint density at radius 3 is 2.02 bits per heavy atom. The Bertz CT molecular complexity index is 1350. The first kappa shape index (κ1) is 31.7. The molecule has 0 spiro atoms. The third-order valence-electron chi connectivity index (χ3n) is 6.26. The molecule has 0 saturated heterocycles. The molecule has 0 unspecified atom stereocenters. The summed E-state index contributed by atoms with van der Waals surface area (Å²) in [6.07, 6.45) is 0.566. The normalized spacial score (nSPS) is 11.6. The van der Waals surface area contributed by atoms with E-state index < -0.39 is 11.7 Å². The molecule has 1 aromatic heterocycles. The fourth-order valence-corrected chi connectivity index (χ4v) is 4.37. The number of aromatic nitrogens is 1. The molecule has 3 aromatic rings. The molecule has 0 radical (unpaired) electrons. The van der Waals surface area contributed by atoms with Gasteiger partial charge in [-0.3, -0.25) is 9.78 Å². The van der Waals surface area contributed by atoms with Gasteiger partial charge in [0.2, 0.25) is 0 Å². The molecule has 220 valence electrons. The van der Waals surface area contributed by atoms with E-state index in [0.29, 0.717) is 17.9 Å². The van der Waals surface area contributed by atoms with Gasteiger partial charge in [0, 0.05) is 35.5 Å². The minimum atomic E-state index is -0.604. The van der Waals surface area contributed by atoms with Crippen LogP contribution in [0.3, 0.4) is 0 Å². The minimum absolute atomic E-state index is 0.0222. The molecule has 0 atom stereocenters. The highest BCUT2D eigenvalue weighted by Gasteiger charge is 2.24. The molecule has 3 rings (SSSR count). The SMILES string of the molecule is CCC(=O)Oc1ccc(OCc2c(C)nc(CC(C)(C)C)c(CNC(=O)OC(C)(C)C)c2-c2ccc(C)cc2)cc1. The van der Waals surface area contributed by atoms with Crippen molar-refractivity contribution >= 4 is 12.1 Å². The highest BCUT2D eigenvalue weighted by atomic mass is 16.6. The molecular formula is C34H44N2O5. The van der Waals surface area contributed by atoms with Gasteiger partial charge in [-0.15, -0.1) is 0 Å². The Balaban J connectivity index is 2.05. The van der Waals surface area contributed by atoms with E-state index in [1.54, 1.807) is 31.2 Å². The van der Waals surface area contributed by atoms with E-state index in [9.17, 15) is 9.59 Å². The van der Waals surface area contributed by atoms with E-state index in [-0.39, 0.29) is 24.5 Å². The van der Waals surface area contributed by atoms with Gasteiger partial charge in [-0.2, -0.15) is 0 Å². The average Bonchev–Trinajstić information content (AvgIpc) is 2.86. The fourth-order valence-electron chi connectivity index (χ4n) is 4.37. The summed E-state index contributed by atoms with van der Waals surface area (Å²) in [5.41, 5.74) is 6.25. The van der Waals surface area contributed by atoms with Crippen molar-refractivity contribution in [3.8, 4) is 22.6 Å². The number of benzene rings is 2. The molecule has 0 saturated carbocycles. The smallest absolute Gasteiger partial charge is 0.407 e. The van der Waals surface area contributed by atoms with Crippen LogP contribution in [0.2, 0.25) is 0 Å². The molecule has 1 heterocycles. The standard InChI is InChI=1S/C34H44N2O5/c1-10-30(37)40-26-17-15-25(16-18-26)39-21-28-23(3)36-29(19-33(4,5)6)27(20-35-32(38)41-34(7,8)9)31(28)24-13-11-22(2)12-14-24/h11-18H,10,19-21H2,1-9H3,(H,35,38). The second-order valence-corrected chi connectivity index (χ2v) is 12.5. The number of nitrogens with one attached hydrogen (secondary N) is 1. The van der Waals surface area contributed by atoms with Crippen molar-refractivity contribution in [2.75, 3.05) is 0 Å². The Labute approximate surface area is 244 Å². The first-order valence-electron chi connectivity index (χ1n) is 14.1. The maximum absolute atomic E-state index is 12.7. The summed E-state index contributed by atoms with van der Waals surface area (Å²) in [5.74, 6) is 0.832. The van der Waals surface area contributed by atoms with Gasteiger partial charge in [-0.1, -0.05) is 57.5 Å². The van der Waals surface area contributed by atoms with Gasteiger partial charge in [0.25, 0.3) is 0 Å². The second-order valence-electron chi connectivity index (χ2n) is 12.5. The number of carbonyl (C=O) groups is 2. The molecule has 0 bridgehead atoms. The van der Waals surface area contributed by atoms with Crippen molar-refractivity contribution in [3.05, 3.63) is 76.6 Å². The van der Waals surface area contributed by atoms with Gasteiger partial charge in [-0.25, -0.2) is 4.79 Å². The summed E-state index contributed by atoms with van der Waals surface area (Å²) in [4.78, 5) is 29.4. The second kappa shape index (κ2) is 13.2. The number of alkyl carbamates (subject to hydrolysis) is 1. The summed E-state index contributed by atoms with van der Waals surface area (Å²) < 4.78 is 17.1. The number of rotatable bonds is 9. The summed E-state index contributed by atoms with van der Waals surface area (Å²) in [7, 11) is 0. The van der Waals surface area contributed by atoms with Crippen molar-refractivity contribution in [1.82, 2.24) is 10.3 Å².